The topological polar surface area (TPSA) is 0 Å². The van der Waals surface area contributed by atoms with Crippen LogP contribution in [0.3, 0.4) is 0 Å². The monoisotopic (exact) mass is 206 g/mol. The first-order valence-electron chi connectivity index (χ1n) is 3.97. The van der Waals surface area contributed by atoms with Crippen LogP contribution in [0.5, 0.6) is 0 Å². The van der Waals surface area contributed by atoms with E-state index in [9.17, 15) is 8.78 Å². The molecule has 0 saturated heterocycles. The minimum Gasteiger partial charge on any atom is -0.206 e. The van der Waals surface area contributed by atoms with Crippen molar-refractivity contribution in [1.82, 2.24) is 0 Å². The Hall–Kier alpha value is -1.16. The maximum Gasteiger partial charge on any atom is 0.134 e. The third-order valence-corrected chi connectivity index (χ3v) is 2.79. The Bertz CT molecular complexity index is 445. The summed E-state index contributed by atoms with van der Waals surface area (Å²) in [4.78, 5) is 0.512. The molecule has 0 aliphatic rings. The largest absolute Gasteiger partial charge is 0.206 e. The zero-order valence-corrected chi connectivity index (χ0v) is 7.94. The Balaban J connectivity index is 2.61. The van der Waals surface area contributed by atoms with Crippen molar-refractivity contribution in [2.45, 2.75) is 0 Å². The standard InChI is InChI=1S/C10H5BF2S/c11-6-4-9(14-5-6)10-7(12)2-1-3-8(10)13/h1-5H. The van der Waals surface area contributed by atoms with Gasteiger partial charge in [-0.3, -0.25) is 0 Å². The highest BCUT2D eigenvalue weighted by Gasteiger charge is 2.11. The fraction of sp³-hybridized carbons (Fsp3) is 0. The van der Waals surface area contributed by atoms with E-state index in [0.717, 1.165) is 0 Å². The van der Waals surface area contributed by atoms with E-state index >= 15 is 0 Å². The van der Waals surface area contributed by atoms with Crippen molar-refractivity contribution in [2.75, 3.05) is 0 Å². The molecule has 0 atom stereocenters. The molecule has 0 spiro atoms. The van der Waals surface area contributed by atoms with Crippen LogP contribution in [0.4, 0.5) is 8.78 Å². The zero-order valence-electron chi connectivity index (χ0n) is 7.13. The summed E-state index contributed by atoms with van der Waals surface area (Å²) in [6.07, 6.45) is 0. The lowest BCUT2D eigenvalue weighted by atomic mass is 9.99. The molecule has 0 nitrogen and oxygen atoms in total. The molecule has 1 aromatic heterocycles. The second kappa shape index (κ2) is 3.54. The van der Waals surface area contributed by atoms with E-state index in [1.807, 2.05) is 0 Å². The smallest absolute Gasteiger partial charge is 0.134 e. The number of benzene rings is 1. The molecule has 0 aliphatic heterocycles. The quantitative estimate of drug-likeness (QED) is 0.628. The van der Waals surface area contributed by atoms with Crippen LogP contribution in [0.15, 0.2) is 29.6 Å². The minimum absolute atomic E-state index is 0.00537. The molecule has 0 amide bonds. The van der Waals surface area contributed by atoms with Gasteiger partial charge in [0.05, 0.1) is 5.56 Å². The summed E-state index contributed by atoms with van der Waals surface area (Å²) in [5.41, 5.74) is 0.516. The average molecular weight is 206 g/mol. The Labute approximate surface area is 85.6 Å². The van der Waals surface area contributed by atoms with Crippen LogP contribution < -0.4 is 5.46 Å². The SMILES string of the molecule is [B]c1csc(-c2c(F)cccc2F)c1. The molecule has 1 heterocycles. The second-order valence-corrected chi connectivity index (χ2v) is 3.75. The fourth-order valence-electron chi connectivity index (χ4n) is 1.22. The summed E-state index contributed by atoms with van der Waals surface area (Å²) in [6.45, 7) is 0. The van der Waals surface area contributed by atoms with Gasteiger partial charge in [0, 0.05) is 4.88 Å². The Morgan fingerprint density at radius 1 is 1.14 bits per heavy atom. The van der Waals surface area contributed by atoms with Gasteiger partial charge in [0.15, 0.2) is 0 Å². The van der Waals surface area contributed by atoms with Crippen molar-refractivity contribution in [3.8, 4) is 10.4 Å². The Morgan fingerprint density at radius 2 is 1.79 bits per heavy atom. The molecule has 14 heavy (non-hydrogen) atoms. The van der Waals surface area contributed by atoms with E-state index in [-0.39, 0.29) is 5.56 Å². The van der Waals surface area contributed by atoms with Gasteiger partial charge in [-0.05, 0) is 17.5 Å². The number of thiophene rings is 1. The van der Waals surface area contributed by atoms with Crippen LogP contribution in [0, 0.1) is 11.6 Å². The van der Waals surface area contributed by atoms with Gasteiger partial charge in [-0.15, -0.1) is 11.3 Å². The molecule has 2 rings (SSSR count). The molecule has 2 radical (unpaired) electrons. The molecule has 0 fully saturated rings. The maximum absolute atomic E-state index is 13.3. The van der Waals surface area contributed by atoms with E-state index in [4.69, 9.17) is 7.85 Å². The van der Waals surface area contributed by atoms with Crippen molar-refractivity contribution in [1.29, 1.82) is 0 Å². The van der Waals surface area contributed by atoms with Crippen LogP contribution in [0.2, 0.25) is 0 Å². The van der Waals surface area contributed by atoms with Gasteiger partial charge in [0.2, 0.25) is 0 Å². The molecular weight excluding hydrogens is 201 g/mol. The van der Waals surface area contributed by atoms with Crippen molar-refractivity contribution in [3.63, 3.8) is 0 Å². The Kier molecular flexibility index (Phi) is 2.38. The molecule has 0 bridgehead atoms. The second-order valence-electron chi connectivity index (χ2n) is 2.84. The van der Waals surface area contributed by atoms with Crippen LogP contribution in [-0.2, 0) is 0 Å². The number of hydrogen-bond acceptors (Lipinski definition) is 1. The first-order valence-corrected chi connectivity index (χ1v) is 4.85. The lowest BCUT2D eigenvalue weighted by Gasteiger charge is -2.00. The molecule has 1 aromatic carbocycles. The first kappa shape index (κ1) is 9.40. The Morgan fingerprint density at radius 3 is 2.29 bits per heavy atom. The third-order valence-electron chi connectivity index (χ3n) is 1.83. The predicted octanol–water partition coefficient (Wildman–Crippen LogP) is 2.49. The van der Waals surface area contributed by atoms with Gasteiger partial charge in [0.1, 0.15) is 19.5 Å². The predicted molar refractivity (Wildman–Crippen MR) is 55.1 cm³/mol. The zero-order chi connectivity index (χ0) is 10.1. The van der Waals surface area contributed by atoms with Gasteiger partial charge in [0.25, 0.3) is 0 Å². The third kappa shape index (κ3) is 1.57. The van der Waals surface area contributed by atoms with E-state index in [1.54, 1.807) is 11.4 Å². The lowest BCUT2D eigenvalue weighted by molar-refractivity contribution is 0.590. The van der Waals surface area contributed by atoms with Crippen LogP contribution in [-0.4, -0.2) is 7.85 Å². The van der Waals surface area contributed by atoms with Crippen LogP contribution in [0.25, 0.3) is 10.4 Å². The van der Waals surface area contributed by atoms with Crippen molar-refractivity contribution < 1.29 is 8.78 Å². The molecule has 0 aliphatic carbocycles. The number of rotatable bonds is 1. The van der Waals surface area contributed by atoms with E-state index in [0.29, 0.717) is 10.3 Å². The van der Waals surface area contributed by atoms with Crippen molar-refractivity contribution >= 4 is 24.6 Å². The van der Waals surface area contributed by atoms with E-state index in [2.05, 4.69) is 0 Å². The molecule has 2 aromatic rings. The molecule has 4 heteroatoms. The van der Waals surface area contributed by atoms with E-state index < -0.39 is 11.6 Å². The summed E-state index contributed by atoms with van der Waals surface area (Å²) < 4.78 is 26.5. The fourth-order valence-corrected chi connectivity index (χ4v) is 2.06. The molecule has 0 N–H and O–H groups in total. The van der Waals surface area contributed by atoms with Crippen molar-refractivity contribution in [3.05, 3.63) is 41.3 Å². The molecule has 68 valence electrons. The number of halogens is 2. The van der Waals surface area contributed by atoms with Crippen LogP contribution >= 0.6 is 11.3 Å². The highest BCUT2D eigenvalue weighted by molar-refractivity contribution is 7.14. The van der Waals surface area contributed by atoms with Crippen LogP contribution in [0.1, 0.15) is 0 Å². The lowest BCUT2D eigenvalue weighted by Crippen LogP contribution is -1.94. The highest BCUT2D eigenvalue weighted by Crippen LogP contribution is 2.28. The minimum atomic E-state index is -0.563. The van der Waals surface area contributed by atoms with Gasteiger partial charge in [-0.25, -0.2) is 8.78 Å². The van der Waals surface area contributed by atoms with Gasteiger partial charge >= 0.3 is 0 Å². The van der Waals surface area contributed by atoms with Crippen molar-refractivity contribution in [2.24, 2.45) is 0 Å². The molecule has 0 saturated carbocycles. The normalized spacial score (nSPS) is 10.4. The number of hydrogen-bond donors (Lipinski definition) is 0. The average Bonchev–Trinajstić information content (AvgIpc) is 2.51. The maximum atomic E-state index is 13.3. The first-order chi connectivity index (χ1) is 6.68. The highest BCUT2D eigenvalue weighted by atomic mass is 32.1. The molecular formula is C10H5BF2S. The van der Waals surface area contributed by atoms with Gasteiger partial charge in [-0.2, -0.15) is 0 Å². The van der Waals surface area contributed by atoms with Gasteiger partial charge in [-0.1, -0.05) is 17.6 Å². The summed E-state index contributed by atoms with van der Waals surface area (Å²) >= 11 is 1.23. The summed E-state index contributed by atoms with van der Waals surface area (Å²) in [7, 11) is 5.48. The molecule has 0 unspecified atom stereocenters. The van der Waals surface area contributed by atoms with E-state index in [1.165, 1.54) is 29.5 Å². The summed E-state index contributed by atoms with van der Waals surface area (Å²) in [5.74, 6) is -1.13. The summed E-state index contributed by atoms with van der Waals surface area (Å²) in [5, 5.41) is 1.65. The van der Waals surface area contributed by atoms with Gasteiger partial charge < -0.3 is 0 Å². The summed E-state index contributed by atoms with van der Waals surface area (Å²) in [6, 6.07) is 5.36.